The van der Waals surface area contributed by atoms with E-state index >= 15 is 0 Å². The van der Waals surface area contributed by atoms with Crippen molar-refractivity contribution in [3.8, 4) is 0 Å². The van der Waals surface area contributed by atoms with E-state index in [-0.39, 0.29) is 11.6 Å². The standard InChI is InChI=1S/C10H9F3IN3/c1-5(2)6-3-4-7-15-9(10(11,12)13)16-17(7)8(6)14/h3-5H,1-2H3. The van der Waals surface area contributed by atoms with Crippen molar-refractivity contribution in [2.45, 2.75) is 25.9 Å². The van der Waals surface area contributed by atoms with Crippen molar-refractivity contribution in [3.63, 3.8) is 0 Å². The summed E-state index contributed by atoms with van der Waals surface area (Å²) in [7, 11) is 0. The average molecular weight is 355 g/mol. The fourth-order valence-corrected chi connectivity index (χ4v) is 2.64. The number of hydrogen-bond donors (Lipinski definition) is 0. The Hall–Kier alpha value is -0.860. The van der Waals surface area contributed by atoms with Gasteiger partial charge in [-0.1, -0.05) is 19.9 Å². The number of pyridine rings is 1. The van der Waals surface area contributed by atoms with Crippen LogP contribution in [0, 0.1) is 3.70 Å². The van der Waals surface area contributed by atoms with Crippen LogP contribution in [0.2, 0.25) is 0 Å². The minimum absolute atomic E-state index is 0.214. The van der Waals surface area contributed by atoms with Gasteiger partial charge < -0.3 is 0 Å². The van der Waals surface area contributed by atoms with Gasteiger partial charge in [-0.05, 0) is 40.1 Å². The predicted molar refractivity (Wildman–Crippen MR) is 64.8 cm³/mol. The number of halogens is 4. The molecule has 2 aromatic heterocycles. The third-order valence-electron chi connectivity index (χ3n) is 2.34. The lowest BCUT2D eigenvalue weighted by Gasteiger charge is -2.08. The molecular formula is C10H9F3IN3. The van der Waals surface area contributed by atoms with E-state index in [0.29, 0.717) is 3.70 Å². The van der Waals surface area contributed by atoms with Crippen molar-refractivity contribution in [1.29, 1.82) is 0 Å². The summed E-state index contributed by atoms with van der Waals surface area (Å²) in [6.45, 7) is 3.95. The van der Waals surface area contributed by atoms with Crippen LogP contribution in [0.1, 0.15) is 31.2 Å². The van der Waals surface area contributed by atoms with Gasteiger partial charge in [0.25, 0.3) is 5.82 Å². The zero-order valence-electron chi connectivity index (χ0n) is 9.09. The normalized spacial score (nSPS) is 12.6. The molecule has 0 radical (unpaired) electrons. The number of nitrogens with zero attached hydrogens (tertiary/aromatic N) is 3. The maximum Gasteiger partial charge on any atom is 0.453 e. The third kappa shape index (κ3) is 2.24. The number of rotatable bonds is 1. The van der Waals surface area contributed by atoms with Gasteiger partial charge in [-0.2, -0.15) is 13.2 Å². The molecule has 3 nitrogen and oxygen atoms in total. The van der Waals surface area contributed by atoms with Crippen LogP contribution in [0.15, 0.2) is 12.1 Å². The van der Waals surface area contributed by atoms with Gasteiger partial charge in [-0.25, -0.2) is 9.50 Å². The Bertz CT molecular complexity index is 560. The van der Waals surface area contributed by atoms with E-state index in [0.717, 1.165) is 5.56 Å². The van der Waals surface area contributed by atoms with E-state index < -0.39 is 12.0 Å². The summed E-state index contributed by atoms with van der Waals surface area (Å²) in [5.41, 5.74) is 1.17. The van der Waals surface area contributed by atoms with Crippen LogP contribution >= 0.6 is 22.6 Å². The fraction of sp³-hybridized carbons (Fsp3) is 0.400. The van der Waals surface area contributed by atoms with Crippen LogP contribution < -0.4 is 0 Å². The van der Waals surface area contributed by atoms with Gasteiger partial charge in [0.15, 0.2) is 5.65 Å². The predicted octanol–water partition coefficient (Wildman–Crippen LogP) is 3.48. The van der Waals surface area contributed by atoms with Crippen molar-refractivity contribution < 1.29 is 13.2 Å². The maximum absolute atomic E-state index is 12.5. The number of fused-ring (bicyclic) bond motifs is 1. The summed E-state index contributed by atoms with van der Waals surface area (Å²) in [5.74, 6) is -0.874. The summed E-state index contributed by atoms with van der Waals surface area (Å²) in [6.07, 6.45) is -4.51. The lowest BCUT2D eigenvalue weighted by Crippen LogP contribution is -2.08. The Kier molecular flexibility index (Phi) is 3.04. The second kappa shape index (κ2) is 4.11. The van der Waals surface area contributed by atoms with Crippen LogP contribution in [0.4, 0.5) is 13.2 Å². The van der Waals surface area contributed by atoms with Crippen molar-refractivity contribution in [1.82, 2.24) is 14.6 Å². The Balaban J connectivity index is 2.66. The zero-order chi connectivity index (χ0) is 12.8. The van der Waals surface area contributed by atoms with Gasteiger partial charge in [0.2, 0.25) is 0 Å². The first-order chi connectivity index (χ1) is 7.80. The molecule has 2 rings (SSSR count). The number of hydrogen-bond acceptors (Lipinski definition) is 2. The lowest BCUT2D eigenvalue weighted by molar-refractivity contribution is -0.144. The van der Waals surface area contributed by atoms with Crippen LogP contribution in [-0.2, 0) is 6.18 Å². The van der Waals surface area contributed by atoms with Crippen LogP contribution in [0.5, 0.6) is 0 Å². The highest BCUT2D eigenvalue weighted by Crippen LogP contribution is 2.28. The Labute approximate surface area is 109 Å². The quantitative estimate of drug-likeness (QED) is 0.579. The molecule has 7 heteroatoms. The molecule has 0 atom stereocenters. The molecule has 0 fully saturated rings. The molecule has 0 aliphatic heterocycles. The first kappa shape index (κ1) is 12.6. The second-order valence-corrected chi connectivity index (χ2v) is 4.96. The highest BCUT2D eigenvalue weighted by Gasteiger charge is 2.36. The zero-order valence-corrected chi connectivity index (χ0v) is 11.2. The molecule has 2 aromatic rings. The van der Waals surface area contributed by atoms with E-state index in [1.165, 1.54) is 4.52 Å². The SMILES string of the molecule is CC(C)c1ccc2nc(C(F)(F)F)nn2c1I. The van der Waals surface area contributed by atoms with Crippen molar-refractivity contribution in [2.75, 3.05) is 0 Å². The Morgan fingerprint density at radius 3 is 2.47 bits per heavy atom. The van der Waals surface area contributed by atoms with Crippen molar-refractivity contribution in [3.05, 3.63) is 27.2 Å². The van der Waals surface area contributed by atoms with Crippen molar-refractivity contribution in [2.24, 2.45) is 0 Å². The van der Waals surface area contributed by atoms with E-state index in [4.69, 9.17) is 0 Å². The van der Waals surface area contributed by atoms with Gasteiger partial charge in [-0.15, -0.1) is 5.10 Å². The number of alkyl halides is 3. The van der Waals surface area contributed by atoms with E-state index in [9.17, 15) is 13.2 Å². The molecule has 0 unspecified atom stereocenters. The van der Waals surface area contributed by atoms with Crippen LogP contribution in [0.25, 0.3) is 5.65 Å². The average Bonchev–Trinajstić information content (AvgIpc) is 2.61. The van der Waals surface area contributed by atoms with Gasteiger partial charge in [0.05, 0.1) is 0 Å². The molecule has 0 amide bonds. The largest absolute Gasteiger partial charge is 0.453 e. The summed E-state index contributed by atoms with van der Waals surface area (Å²) in [5, 5.41) is 3.50. The van der Waals surface area contributed by atoms with Crippen LogP contribution in [-0.4, -0.2) is 14.6 Å². The molecule has 0 saturated carbocycles. The number of aromatic nitrogens is 3. The first-order valence-electron chi connectivity index (χ1n) is 4.93. The smallest absolute Gasteiger partial charge is 0.207 e. The Morgan fingerprint density at radius 1 is 1.29 bits per heavy atom. The Morgan fingerprint density at radius 2 is 1.94 bits per heavy atom. The topological polar surface area (TPSA) is 30.2 Å². The molecule has 2 heterocycles. The van der Waals surface area contributed by atoms with E-state index in [2.05, 4.69) is 10.1 Å². The molecule has 0 saturated heterocycles. The summed E-state index contributed by atoms with van der Waals surface area (Å²) < 4.78 is 39.3. The minimum Gasteiger partial charge on any atom is -0.207 e. The molecule has 17 heavy (non-hydrogen) atoms. The summed E-state index contributed by atoms with van der Waals surface area (Å²) in [4.78, 5) is 3.47. The molecule has 0 aromatic carbocycles. The lowest BCUT2D eigenvalue weighted by atomic mass is 10.1. The summed E-state index contributed by atoms with van der Waals surface area (Å²) >= 11 is 1.99. The molecule has 0 N–H and O–H groups in total. The van der Waals surface area contributed by atoms with E-state index in [1.54, 1.807) is 12.1 Å². The highest BCUT2D eigenvalue weighted by atomic mass is 127. The molecule has 0 aliphatic carbocycles. The molecular weight excluding hydrogens is 346 g/mol. The minimum atomic E-state index is -4.51. The monoisotopic (exact) mass is 355 g/mol. The second-order valence-electron chi connectivity index (χ2n) is 3.94. The van der Waals surface area contributed by atoms with Gasteiger partial charge in [-0.3, -0.25) is 0 Å². The summed E-state index contributed by atoms with van der Waals surface area (Å²) in [6, 6.07) is 3.34. The molecule has 92 valence electrons. The van der Waals surface area contributed by atoms with E-state index in [1.807, 2.05) is 36.4 Å². The van der Waals surface area contributed by atoms with Gasteiger partial charge in [0.1, 0.15) is 3.70 Å². The van der Waals surface area contributed by atoms with Crippen molar-refractivity contribution >= 4 is 28.2 Å². The van der Waals surface area contributed by atoms with Gasteiger partial charge in [0, 0.05) is 0 Å². The van der Waals surface area contributed by atoms with Crippen LogP contribution in [0.3, 0.4) is 0 Å². The molecule has 0 aliphatic rings. The molecule has 0 spiro atoms. The highest BCUT2D eigenvalue weighted by molar-refractivity contribution is 14.1. The maximum atomic E-state index is 12.5. The third-order valence-corrected chi connectivity index (χ3v) is 3.42. The molecule has 0 bridgehead atoms. The fourth-order valence-electron chi connectivity index (χ4n) is 1.48. The first-order valence-corrected chi connectivity index (χ1v) is 6.01. The van der Waals surface area contributed by atoms with Gasteiger partial charge >= 0.3 is 6.18 Å².